The van der Waals surface area contributed by atoms with E-state index in [2.05, 4.69) is 25.4 Å². The average Bonchev–Trinajstić information content (AvgIpc) is 3.27. The number of ketones is 1. The molecule has 9 nitrogen and oxygen atoms in total. The van der Waals surface area contributed by atoms with E-state index < -0.39 is 0 Å². The molecular formula is C29H41FN6O3S. The van der Waals surface area contributed by atoms with Crippen LogP contribution in [0.15, 0.2) is 24.3 Å². The molecule has 40 heavy (non-hydrogen) atoms. The van der Waals surface area contributed by atoms with Crippen LogP contribution >= 0.6 is 11.3 Å². The van der Waals surface area contributed by atoms with Crippen molar-refractivity contribution in [3.63, 3.8) is 0 Å². The van der Waals surface area contributed by atoms with Crippen molar-refractivity contribution in [3.05, 3.63) is 46.2 Å². The number of aryl methyl sites for hydroxylation is 1. The Labute approximate surface area is 240 Å². The number of likely N-dealkylation sites (N-methyl/N-ethyl adjacent to an activating group) is 1. The van der Waals surface area contributed by atoms with E-state index in [-0.39, 0.29) is 35.5 Å². The van der Waals surface area contributed by atoms with Gasteiger partial charge in [-0.2, -0.15) is 0 Å². The lowest BCUT2D eigenvalue weighted by Crippen LogP contribution is -2.56. The van der Waals surface area contributed by atoms with Crippen molar-refractivity contribution < 1.29 is 18.8 Å². The Morgan fingerprint density at radius 1 is 1.10 bits per heavy atom. The molecule has 0 radical (unpaired) electrons. The fourth-order valence-corrected chi connectivity index (χ4v) is 6.66. The number of carbonyl (C=O) groups is 3. The smallest absolute Gasteiger partial charge is 0.321 e. The third-order valence-corrected chi connectivity index (χ3v) is 9.04. The fraction of sp³-hybridized carbons (Fsp3) is 0.586. The molecule has 4 rings (SSSR count). The van der Waals surface area contributed by atoms with E-state index in [0.29, 0.717) is 34.7 Å². The normalized spacial score (nSPS) is 22.1. The van der Waals surface area contributed by atoms with Crippen LogP contribution in [0.25, 0.3) is 0 Å². The number of urea groups is 1. The van der Waals surface area contributed by atoms with Gasteiger partial charge in [0.2, 0.25) is 5.91 Å². The first kappa shape index (κ1) is 30.1. The topological polar surface area (TPSA) is 97.9 Å². The number of carbonyl (C=O) groups excluding carboxylic acids is 3. The van der Waals surface area contributed by atoms with Gasteiger partial charge >= 0.3 is 6.03 Å². The lowest BCUT2D eigenvalue weighted by atomic mass is 9.88. The van der Waals surface area contributed by atoms with Crippen molar-refractivity contribution in [2.45, 2.75) is 45.6 Å². The number of rotatable bonds is 9. The second-order valence-electron chi connectivity index (χ2n) is 11.4. The lowest BCUT2D eigenvalue weighted by Gasteiger charge is -2.42. The summed E-state index contributed by atoms with van der Waals surface area (Å²) in [7, 11) is 3.54. The molecule has 1 aromatic heterocycles. The van der Waals surface area contributed by atoms with Gasteiger partial charge in [0, 0.05) is 59.2 Å². The summed E-state index contributed by atoms with van der Waals surface area (Å²) in [5.74, 6) is 0.427. The minimum absolute atomic E-state index is 0.0588. The van der Waals surface area contributed by atoms with Crippen LogP contribution in [-0.2, 0) is 11.2 Å². The van der Waals surface area contributed by atoms with Gasteiger partial charge in [-0.1, -0.05) is 23.5 Å². The molecule has 2 aromatic rings. The summed E-state index contributed by atoms with van der Waals surface area (Å²) in [6.07, 6.45) is 3.90. The number of likely N-dealkylation sites (tertiary alicyclic amines) is 2. The molecule has 2 N–H and O–H groups in total. The van der Waals surface area contributed by atoms with Crippen molar-refractivity contribution >= 4 is 34.2 Å². The quantitative estimate of drug-likeness (QED) is 0.446. The molecule has 1 aromatic carbocycles. The Kier molecular flexibility index (Phi) is 10.3. The number of amides is 3. The van der Waals surface area contributed by atoms with Crippen molar-refractivity contribution in [2.24, 2.45) is 11.8 Å². The van der Waals surface area contributed by atoms with Crippen LogP contribution in [0, 0.1) is 24.6 Å². The standard InChI is InChI=1S/C29H41FN6O3S/c1-19-27(20(2)37)40-29(31-19)33-28(39)32-25-11-13-36(18-26(38)34(3)4)17-23(25)16-35-12-5-6-22(15-35)14-21-7-9-24(30)10-8-21/h7-10,22-23,25H,5-6,11-18H2,1-4H3,(H2,31,32,33,39)/t22-,23+,25+/m0/s1. The molecule has 3 atom stereocenters. The highest BCUT2D eigenvalue weighted by molar-refractivity contribution is 7.17. The Morgan fingerprint density at radius 3 is 2.52 bits per heavy atom. The van der Waals surface area contributed by atoms with Crippen molar-refractivity contribution in [1.29, 1.82) is 0 Å². The molecule has 3 amide bonds. The van der Waals surface area contributed by atoms with Crippen LogP contribution in [0.1, 0.15) is 47.1 Å². The zero-order valence-corrected chi connectivity index (χ0v) is 24.7. The zero-order chi connectivity index (χ0) is 28.8. The first-order valence-corrected chi connectivity index (χ1v) is 14.8. The van der Waals surface area contributed by atoms with Crippen LogP contribution in [0.5, 0.6) is 0 Å². The minimum atomic E-state index is -0.329. The first-order valence-electron chi connectivity index (χ1n) is 14.0. The molecule has 3 heterocycles. The van der Waals surface area contributed by atoms with Crippen LogP contribution < -0.4 is 10.6 Å². The number of halogens is 1. The predicted octanol–water partition coefficient (Wildman–Crippen LogP) is 3.65. The highest BCUT2D eigenvalue weighted by Gasteiger charge is 2.34. The largest absolute Gasteiger partial charge is 0.348 e. The number of aromatic nitrogens is 1. The van der Waals surface area contributed by atoms with Crippen LogP contribution in [0.4, 0.5) is 14.3 Å². The molecule has 2 aliphatic rings. The summed E-state index contributed by atoms with van der Waals surface area (Å²) in [5, 5.41) is 6.39. The molecule has 0 bridgehead atoms. The molecule has 11 heteroatoms. The van der Waals surface area contributed by atoms with E-state index in [1.807, 2.05) is 12.1 Å². The van der Waals surface area contributed by atoms with E-state index in [9.17, 15) is 18.8 Å². The van der Waals surface area contributed by atoms with Crippen molar-refractivity contribution in [2.75, 3.05) is 58.7 Å². The third kappa shape index (κ3) is 8.31. The number of benzene rings is 1. The number of hydrogen-bond acceptors (Lipinski definition) is 7. The van der Waals surface area contributed by atoms with Gasteiger partial charge < -0.3 is 15.1 Å². The molecule has 2 saturated heterocycles. The van der Waals surface area contributed by atoms with Gasteiger partial charge in [-0.05, 0) is 62.8 Å². The second-order valence-corrected chi connectivity index (χ2v) is 12.4. The predicted molar refractivity (Wildman–Crippen MR) is 155 cm³/mol. The number of anilines is 1. The fourth-order valence-electron chi connectivity index (χ4n) is 5.81. The van der Waals surface area contributed by atoms with Gasteiger partial charge in [0.25, 0.3) is 0 Å². The lowest BCUT2D eigenvalue weighted by molar-refractivity contribution is -0.130. The highest BCUT2D eigenvalue weighted by Crippen LogP contribution is 2.26. The van der Waals surface area contributed by atoms with E-state index in [1.165, 1.54) is 30.4 Å². The molecule has 0 saturated carbocycles. The maximum absolute atomic E-state index is 13.4. The van der Waals surface area contributed by atoms with Crippen molar-refractivity contribution in [1.82, 2.24) is 25.0 Å². The van der Waals surface area contributed by atoms with Gasteiger partial charge in [0.15, 0.2) is 10.9 Å². The summed E-state index contributed by atoms with van der Waals surface area (Å²) in [5.41, 5.74) is 1.77. The van der Waals surface area contributed by atoms with E-state index in [1.54, 1.807) is 25.9 Å². The SMILES string of the molecule is CC(=O)c1sc(NC(=O)N[C@@H]2CCN(CC(=O)N(C)C)C[C@H]2CN2CCC[C@@H](Cc3ccc(F)cc3)C2)nc1C. The molecule has 218 valence electrons. The van der Waals surface area contributed by atoms with Gasteiger partial charge in [0.1, 0.15) is 5.82 Å². The first-order chi connectivity index (χ1) is 19.1. The molecule has 0 unspecified atom stereocenters. The number of thiazole rings is 1. The summed E-state index contributed by atoms with van der Waals surface area (Å²) >= 11 is 1.19. The molecule has 2 fully saturated rings. The Hall–Kier alpha value is -2.89. The number of nitrogens with zero attached hydrogens (tertiary/aromatic N) is 4. The van der Waals surface area contributed by atoms with Crippen LogP contribution in [0.3, 0.4) is 0 Å². The number of Topliss-reactive ketones (excluding diaryl/α,β-unsaturated/α-hetero) is 1. The summed E-state index contributed by atoms with van der Waals surface area (Å²) in [6, 6.07) is 6.41. The number of hydrogen-bond donors (Lipinski definition) is 2. The second kappa shape index (κ2) is 13.6. The number of piperidine rings is 2. The Morgan fingerprint density at radius 2 is 1.85 bits per heavy atom. The van der Waals surface area contributed by atoms with Gasteiger partial charge in [-0.15, -0.1) is 0 Å². The van der Waals surface area contributed by atoms with E-state index >= 15 is 0 Å². The third-order valence-electron chi connectivity index (χ3n) is 7.86. The van der Waals surface area contributed by atoms with Crippen molar-refractivity contribution in [3.8, 4) is 0 Å². The van der Waals surface area contributed by atoms with Crippen LogP contribution in [0.2, 0.25) is 0 Å². The molecule has 0 spiro atoms. The Bertz CT molecular complexity index is 1190. The maximum atomic E-state index is 13.4. The van der Waals surface area contributed by atoms with Crippen LogP contribution in [-0.4, -0.2) is 96.8 Å². The maximum Gasteiger partial charge on any atom is 0.321 e. The molecule has 2 aliphatic heterocycles. The summed E-state index contributed by atoms with van der Waals surface area (Å²) in [6.45, 7) is 7.83. The number of nitrogens with one attached hydrogen (secondary N) is 2. The monoisotopic (exact) mass is 572 g/mol. The highest BCUT2D eigenvalue weighted by atomic mass is 32.1. The van der Waals surface area contributed by atoms with Gasteiger partial charge in [-0.25, -0.2) is 14.2 Å². The molecule has 0 aliphatic carbocycles. The average molecular weight is 573 g/mol. The van der Waals surface area contributed by atoms with E-state index in [4.69, 9.17) is 0 Å². The zero-order valence-electron chi connectivity index (χ0n) is 23.9. The van der Waals surface area contributed by atoms with Gasteiger partial charge in [0.05, 0.1) is 17.1 Å². The molecular weight excluding hydrogens is 531 g/mol. The minimum Gasteiger partial charge on any atom is -0.348 e. The Balaban J connectivity index is 1.40. The summed E-state index contributed by atoms with van der Waals surface area (Å²) in [4.78, 5) is 48.4. The van der Waals surface area contributed by atoms with E-state index in [0.717, 1.165) is 57.4 Å². The summed E-state index contributed by atoms with van der Waals surface area (Å²) < 4.78 is 13.4. The van der Waals surface area contributed by atoms with Gasteiger partial charge in [-0.3, -0.25) is 19.8 Å².